The number of nitriles is 1. The molecule has 0 rings (SSSR count). The van der Waals surface area contributed by atoms with Gasteiger partial charge in [-0.05, 0) is 13.3 Å². The summed E-state index contributed by atoms with van der Waals surface area (Å²) >= 11 is 0. The lowest BCUT2D eigenvalue weighted by Gasteiger charge is -2.24. The highest BCUT2D eigenvalue weighted by molar-refractivity contribution is 5.73. The quantitative estimate of drug-likeness (QED) is 0.508. The summed E-state index contributed by atoms with van der Waals surface area (Å²) in [7, 11) is 0. The molecule has 0 aliphatic heterocycles. The van der Waals surface area contributed by atoms with Crippen LogP contribution in [0.2, 0.25) is 0 Å². The Bertz CT molecular complexity index is 200. The summed E-state index contributed by atoms with van der Waals surface area (Å²) in [5, 5.41) is 17.1. The highest BCUT2D eigenvalue weighted by Crippen LogP contribution is 2.05. The Morgan fingerprint density at radius 2 is 2.31 bits per heavy atom. The first-order chi connectivity index (χ1) is 6.21. The summed E-state index contributed by atoms with van der Waals surface area (Å²) < 4.78 is 0. The van der Waals surface area contributed by atoms with Gasteiger partial charge >= 0.3 is 6.03 Å². The van der Waals surface area contributed by atoms with Gasteiger partial charge in [0.1, 0.15) is 6.04 Å². The third-order valence-corrected chi connectivity index (χ3v) is 1.78. The molecule has 0 fully saturated rings. The minimum atomic E-state index is -0.623. The number of nitrogens with zero attached hydrogens (tertiary/aromatic N) is 2. The minimum Gasteiger partial charge on any atom is -0.307 e. The summed E-state index contributed by atoms with van der Waals surface area (Å²) in [5.74, 6) is 0. The monoisotopic (exact) mass is 185 g/mol. The van der Waals surface area contributed by atoms with Gasteiger partial charge in [0.05, 0.1) is 6.07 Å². The number of rotatable bonds is 4. The first kappa shape index (κ1) is 11.7. The van der Waals surface area contributed by atoms with Gasteiger partial charge in [-0.1, -0.05) is 13.3 Å². The summed E-state index contributed by atoms with van der Waals surface area (Å²) in [6.45, 7) is 4.11. The van der Waals surface area contributed by atoms with Gasteiger partial charge in [-0.25, -0.2) is 10.3 Å². The number of urea groups is 1. The first-order valence-electron chi connectivity index (χ1n) is 4.31. The maximum absolute atomic E-state index is 11.0. The van der Waals surface area contributed by atoms with E-state index < -0.39 is 12.1 Å². The van der Waals surface area contributed by atoms with Crippen molar-refractivity contribution >= 4 is 6.03 Å². The smallest absolute Gasteiger partial charge is 0.307 e. The molecule has 0 aromatic rings. The SMILES string of the molecule is CCCC(C#N)N(CC)C(=O)NO. The molecule has 0 bridgehead atoms. The molecule has 2 N–H and O–H groups in total. The van der Waals surface area contributed by atoms with Crippen molar-refractivity contribution in [1.29, 1.82) is 5.26 Å². The molecular weight excluding hydrogens is 170 g/mol. The summed E-state index contributed by atoms with van der Waals surface area (Å²) in [5.41, 5.74) is 1.53. The van der Waals surface area contributed by atoms with Crippen molar-refractivity contribution in [3.05, 3.63) is 0 Å². The highest BCUT2D eigenvalue weighted by atomic mass is 16.5. The van der Waals surface area contributed by atoms with Crippen molar-refractivity contribution in [3.8, 4) is 6.07 Å². The zero-order valence-electron chi connectivity index (χ0n) is 7.95. The second-order valence-electron chi connectivity index (χ2n) is 2.64. The number of hydroxylamine groups is 1. The third kappa shape index (κ3) is 3.30. The Hall–Kier alpha value is -1.28. The normalized spacial score (nSPS) is 11.5. The molecule has 0 aliphatic carbocycles. The number of nitrogens with one attached hydrogen (secondary N) is 1. The van der Waals surface area contributed by atoms with E-state index in [2.05, 4.69) is 0 Å². The van der Waals surface area contributed by atoms with E-state index in [4.69, 9.17) is 10.5 Å². The van der Waals surface area contributed by atoms with Gasteiger partial charge in [0, 0.05) is 6.54 Å². The van der Waals surface area contributed by atoms with Crippen molar-refractivity contribution in [2.45, 2.75) is 32.7 Å². The summed E-state index contributed by atoms with van der Waals surface area (Å²) in [4.78, 5) is 12.3. The standard InChI is InChI=1S/C8H15N3O2/c1-3-5-7(6-9)11(4-2)8(12)10-13/h7,13H,3-5H2,1-2H3,(H,10,12). The summed E-state index contributed by atoms with van der Waals surface area (Å²) in [6, 6.07) is 0.944. The highest BCUT2D eigenvalue weighted by Gasteiger charge is 2.20. The van der Waals surface area contributed by atoms with Crippen LogP contribution in [0.3, 0.4) is 0 Å². The molecule has 13 heavy (non-hydrogen) atoms. The fraction of sp³-hybridized carbons (Fsp3) is 0.750. The molecule has 0 spiro atoms. The van der Waals surface area contributed by atoms with Crippen LogP contribution in [0.5, 0.6) is 0 Å². The lowest BCUT2D eigenvalue weighted by atomic mass is 10.1. The molecule has 2 amide bonds. The Morgan fingerprint density at radius 1 is 1.69 bits per heavy atom. The van der Waals surface area contributed by atoms with E-state index >= 15 is 0 Å². The minimum absolute atomic E-state index is 0.407. The Morgan fingerprint density at radius 3 is 2.62 bits per heavy atom. The molecule has 5 heteroatoms. The number of hydrogen-bond acceptors (Lipinski definition) is 3. The molecule has 0 radical (unpaired) electrons. The first-order valence-corrected chi connectivity index (χ1v) is 4.31. The maximum Gasteiger partial charge on any atom is 0.342 e. The Balaban J connectivity index is 4.35. The fourth-order valence-corrected chi connectivity index (χ4v) is 1.13. The van der Waals surface area contributed by atoms with Crippen LogP contribution in [0.25, 0.3) is 0 Å². The molecular formula is C8H15N3O2. The largest absolute Gasteiger partial charge is 0.342 e. The topological polar surface area (TPSA) is 76.4 Å². The number of amides is 2. The van der Waals surface area contributed by atoms with Crippen LogP contribution in [0.1, 0.15) is 26.7 Å². The third-order valence-electron chi connectivity index (χ3n) is 1.78. The van der Waals surface area contributed by atoms with Gasteiger partial charge in [0.15, 0.2) is 0 Å². The fourth-order valence-electron chi connectivity index (χ4n) is 1.13. The predicted molar refractivity (Wildman–Crippen MR) is 47.0 cm³/mol. The molecule has 5 nitrogen and oxygen atoms in total. The van der Waals surface area contributed by atoms with Crippen LogP contribution in [0.15, 0.2) is 0 Å². The van der Waals surface area contributed by atoms with E-state index in [1.807, 2.05) is 13.0 Å². The number of carbonyl (C=O) groups is 1. The predicted octanol–water partition coefficient (Wildman–Crippen LogP) is 1.10. The van der Waals surface area contributed by atoms with Crippen LogP contribution < -0.4 is 5.48 Å². The lowest BCUT2D eigenvalue weighted by molar-refractivity contribution is 0.122. The molecule has 1 unspecified atom stereocenters. The van der Waals surface area contributed by atoms with Crippen molar-refractivity contribution in [1.82, 2.24) is 10.4 Å². The van der Waals surface area contributed by atoms with Gasteiger partial charge in [0.25, 0.3) is 0 Å². The van der Waals surface area contributed by atoms with Gasteiger partial charge in [-0.2, -0.15) is 5.26 Å². The lowest BCUT2D eigenvalue weighted by Crippen LogP contribution is -2.44. The van der Waals surface area contributed by atoms with Crippen LogP contribution in [-0.4, -0.2) is 28.7 Å². The van der Waals surface area contributed by atoms with Crippen LogP contribution in [-0.2, 0) is 0 Å². The van der Waals surface area contributed by atoms with Crippen LogP contribution in [0.4, 0.5) is 4.79 Å². The van der Waals surface area contributed by atoms with E-state index in [1.165, 1.54) is 10.4 Å². The molecule has 0 heterocycles. The van der Waals surface area contributed by atoms with E-state index in [0.717, 1.165) is 6.42 Å². The van der Waals surface area contributed by atoms with Crippen molar-refractivity contribution in [3.63, 3.8) is 0 Å². The molecule has 0 aromatic carbocycles. The molecule has 0 aliphatic rings. The number of hydrogen-bond donors (Lipinski definition) is 2. The molecule has 1 atom stereocenters. The van der Waals surface area contributed by atoms with E-state index in [1.54, 1.807) is 6.92 Å². The van der Waals surface area contributed by atoms with Crippen molar-refractivity contribution in [2.75, 3.05) is 6.54 Å². The zero-order valence-corrected chi connectivity index (χ0v) is 7.95. The van der Waals surface area contributed by atoms with E-state index in [0.29, 0.717) is 13.0 Å². The van der Waals surface area contributed by atoms with Crippen molar-refractivity contribution < 1.29 is 10.0 Å². The van der Waals surface area contributed by atoms with E-state index in [9.17, 15) is 4.79 Å². The van der Waals surface area contributed by atoms with E-state index in [-0.39, 0.29) is 0 Å². The number of carbonyl (C=O) groups excluding carboxylic acids is 1. The van der Waals surface area contributed by atoms with Gasteiger partial charge < -0.3 is 4.90 Å². The van der Waals surface area contributed by atoms with Gasteiger partial charge in [-0.3, -0.25) is 5.21 Å². The second kappa shape index (κ2) is 6.26. The average Bonchev–Trinajstić information content (AvgIpc) is 2.17. The average molecular weight is 185 g/mol. The Labute approximate surface area is 77.9 Å². The van der Waals surface area contributed by atoms with Gasteiger partial charge in [0.2, 0.25) is 0 Å². The second-order valence-corrected chi connectivity index (χ2v) is 2.64. The zero-order chi connectivity index (χ0) is 10.3. The molecule has 0 aromatic heterocycles. The van der Waals surface area contributed by atoms with Crippen molar-refractivity contribution in [2.24, 2.45) is 0 Å². The molecule has 0 saturated carbocycles. The maximum atomic E-state index is 11.0. The molecule has 0 saturated heterocycles. The molecule has 74 valence electrons. The van der Waals surface area contributed by atoms with Gasteiger partial charge in [-0.15, -0.1) is 0 Å². The van der Waals surface area contributed by atoms with Crippen LogP contribution >= 0.6 is 0 Å². The Kier molecular flexibility index (Phi) is 5.64. The summed E-state index contributed by atoms with van der Waals surface area (Å²) in [6.07, 6.45) is 1.45. The van der Waals surface area contributed by atoms with Crippen LogP contribution in [0, 0.1) is 11.3 Å².